The highest BCUT2D eigenvalue weighted by molar-refractivity contribution is 6.32. The molecule has 0 aliphatic heterocycles. The smallest absolute Gasteiger partial charge is 0.226 e. The maximum Gasteiger partial charge on any atom is 0.226 e. The molecule has 1 aromatic heterocycles. The van der Waals surface area contributed by atoms with E-state index in [9.17, 15) is 0 Å². The third kappa shape index (κ3) is 3.68. The van der Waals surface area contributed by atoms with Crippen molar-refractivity contribution in [3.63, 3.8) is 0 Å². The van der Waals surface area contributed by atoms with Crippen molar-refractivity contribution in [2.75, 3.05) is 7.05 Å². The van der Waals surface area contributed by atoms with Gasteiger partial charge in [0.05, 0.1) is 5.02 Å². The van der Waals surface area contributed by atoms with Gasteiger partial charge in [0, 0.05) is 13.0 Å². The number of nitrogens with one attached hydrogen (secondary N) is 1. The van der Waals surface area contributed by atoms with Gasteiger partial charge in [0.2, 0.25) is 11.7 Å². The molecule has 0 aliphatic carbocycles. The second kappa shape index (κ2) is 6.54. The van der Waals surface area contributed by atoms with Crippen LogP contribution in [0.5, 0.6) is 5.75 Å². The topological polar surface area (TPSA) is 60.2 Å². The lowest BCUT2D eigenvalue weighted by Crippen LogP contribution is -2.05. The Hall–Kier alpha value is -1.59. The van der Waals surface area contributed by atoms with Crippen molar-refractivity contribution in [1.29, 1.82) is 0 Å². The number of aryl methyl sites for hydroxylation is 1. The number of hydrogen-bond acceptors (Lipinski definition) is 5. The van der Waals surface area contributed by atoms with Crippen LogP contribution in [-0.2, 0) is 19.6 Å². The van der Waals surface area contributed by atoms with Gasteiger partial charge in [0.1, 0.15) is 5.75 Å². The number of benzene rings is 1. The average molecular weight is 282 g/mol. The van der Waals surface area contributed by atoms with Crippen molar-refractivity contribution < 1.29 is 9.26 Å². The van der Waals surface area contributed by atoms with Crippen LogP contribution in [0.3, 0.4) is 0 Å². The lowest BCUT2D eigenvalue weighted by molar-refractivity contribution is 0.285. The van der Waals surface area contributed by atoms with Gasteiger partial charge in [-0.2, -0.15) is 4.98 Å². The van der Waals surface area contributed by atoms with E-state index in [-0.39, 0.29) is 6.61 Å². The number of nitrogens with zero attached hydrogens (tertiary/aromatic N) is 2. The molecule has 0 saturated heterocycles. The molecule has 19 heavy (non-hydrogen) atoms. The molecule has 0 fully saturated rings. The van der Waals surface area contributed by atoms with Gasteiger partial charge in [0.25, 0.3) is 0 Å². The van der Waals surface area contributed by atoms with Crippen molar-refractivity contribution in [2.45, 2.75) is 26.5 Å². The van der Waals surface area contributed by atoms with E-state index in [4.69, 9.17) is 20.9 Å². The van der Waals surface area contributed by atoms with Crippen LogP contribution < -0.4 is 10.1 Å². The molecule has 1 heterocycles. The zero-order valence-corrected chi connectivity index (χ0v) is 11.7. The summed E-state index contributed by atoms with van der Waals surface area (Å²) in [6, 6.07) is 5.68. The molecule has 0 bridgehead atoms. The third-order valence-corrected chi connectivity index (χ3v) is 2.84. The van der Waals surface area contributed by atoms with Gasteiger partial charge < -0.3 is 14.6 Å². The van der Waals surface area contributed by atoms with Crippen LogP contribution >= 0.6 is 11.6 Å². The number of ether oxygens (including phenoxy) is 1. The number of hydrogen-bond donors (Lipinski definition) is 1. The van der Waals surface area contributed by atoms with Gasteiger partial charge in [-0.3, -0.25) is 0 Å². The Bertz CT molecular complexity index is 542. The largest absolute Gasteiger partial charge is 0.484 e. The van der Waals surface area contributed by atoms with E-state index >= 15 is 0 Å². The molecular weight excluding hydrogens is 266 g/mol. The molecule has 0 radical (unpaired) electrons. The number of halogens is 1. The van der Waals surface area contributed by atoms with Crippen LogP contribution in [0, 0.1) is 0 Å². The summed E-state index contributed by atoms with van der Waals surface area (Å²) in [5.41, 5.74) is 1.10. The van der Waals surface area contributed by atoms with Crippen LogP contribution in [0.4, 0.5) is 0 Å². The van der Waals surface area contributed by atoms with Gasteiger partial charge in [-0.1, -0.05) is 29.7 Å². The van der Waals surface area contributed by atoms with Crippen LogP contribution in [0.1, 0.15) is 24.2 Å². The molecule has 2 aromatic rings. The first kappa shape index (κ1) is 13.8. The Balaban J connectivity index is 1.99. The Morgan fingerprint density at radius 1 is 1.42 bits per heavy atom. The van der Waals surface area contributed by atoms with Crippen LogP contribution in [0.2, 0.25) is 5.02 Å². The van der Waals surface area contributed by atoms with E-state index in [1.807, 2.05) is 32.2 Å². The second-order valence-corrected chi connectivity index (χ2v) is 4.45. The quantitative estimate of drug-likeness (QED) is 0.882. The molecule has 0 saturated carbocycles. The first-order valence-electron chi connectivity index (χ1n) is 6.10. The summed E-state index contributed by atoms with van der Waals surface area (Å²) >= 11 is 6.15. The zero-order valence-electron chi connectivity index (χ0n) is 10.9. The molecule has 0 amide bonds. The molecule has 102 valence electrons. The molecule has 1 N–H and O–H groups in total. The molecule has 0 atom stereocenters. The average Bonchev–Trinajstić information content (AvgIpc) is 2.86. The molecular formula is C13H16ClN3O2. The van der Waals surface area contributed by atoms with Crippen LogP contribution in [0.15, 0.2) is 22.7 Å². The summed E-state index contributed by atoms with van der Waals surface area (Å²) in [4.78, 5) is 4.16. The minimum absolute atomic E-state index is 0.245. The van der Waals surface area contributed by atoms with Crippen LogP contribution in [0.25, 0.3) is 0 Å². The number of aromatic nitrogens is 2. The maximum absolute atomic E-state index is 6.15. The molecule has 1 aromatic carbocycles. The highest BCUT2D eigenvalue weighted by Crippen LogP contribution is 2.26. The summed E-state index contributed by atoms with van der Waals surface area (Å²) in [6.45, 7) is 2.97. The van der Waals surface area contributed by atoms with Crippen molar-refractivity contribution in [3.8, 4) is 5.75 Å². The van der Waals surface area contributed by atoms with E-state index in [1.165, 1.54) is 0 Å². The van der Waals surface area contributed by atoms with Gasteiger partial charge >= 0.3 is 0 Å². The van der Waals surface area contributed by atoms with E-state index in [2.05, 4.69) is 15.5 Å². The fourth-order valence-electron chi connectivity index (χ4n) is 1.61. The van der Waals surface area contributed by atoms with Gasteiger partial charge in [-0.15, -0.1) is 0 Å². The van der Waals surface area contributed by atoms with Crippen molar-refractivity contribution in [2.24, 2.45) is 0 Å². The Morgan fingerprint density at radius 3 is 2.89 bits per heavy atom. The van der Waals surface area contributed by atoms with E-state index < -0.39 is 0 Å². The van der Waals surface area contributed by atoms with Crippen molar-refractivity contribution >= 4 is 11.6 Å². The molecule has 0 unspecified atom stereocenters. The zero-order chi connectivity index (χ0) is 13.7. The van der Waals surface area contributed by atoms with E-state index in [1.54, 1.807) is 0 Å². The Kier molecular flexibility index (Phi) is 4.76. The van der Waals surface area contributed by atoms with E-state index in [0.717, 1.165) is 12.1 Å². The molecule has 5 nitrogen and oxygen atoms in total. The lowest BCUT2D eigenvalue weighted by Gasteiger charge is -2.07. The number of rotatable bonds is 6. The third-order valence-electron chi connectivity index (χ3n) is 2.55. The van der Waals surface area contributed by atoms with E-state index in [0.29, 0.717) is 28.9 Å². The fourth-order valence-corrected chi connectivity index (χ4v) is 1.87. The normalized spacial score (nSPS) is 10.7. The predicted octanol–water partition coefficient (Wildman–Crippen LogP) is 2.58. The summed E-state index contributed by atoms with van der Waals surface area (Å²) < 4.78 is 10.6. The molecule has 0 aliphatic rings. The predicted molar refractivity (Wildman–Crippen MR) is 72.2 cm³/mol. The first-order valence-corrected chi connectivity index (χ1v) is 6.48. The summed E-state index contributed by atoms with van der Waals surface area (Å²) in [7, 11) is 1.89. The highest BCUT2D eigenvalue weighted by Gasteiger charge is 2.07. The van der Waals surface area contributed by atoms with Crippen molar-refractivity contribution in [1.82, 2.24) is 15.5 Å². The summed E-state index contributed by atoms with van der Waals surface area (Å²) in [5, 5.41) is 7.46. The summed E-state index contributed by atoms with van der Waals surface area (Å²) in [5.74, 6) is 1.74. The Morgan fingerprint density at radius 2 is 2.26 bits per heavy atom. The van der Waals surface area contributed by atoms with Gasteiger partial charge in [-0.25, -0.2) is 0 Å². The lowest BCUT2D eigenvalue weighted by atomic mass is 10.2. The monoisotopic (exact) mass is 281 g/mol. The highest BCUT2D eigenvalue weighted by atomic mass is 35.5. The molecule has 6 heteroatoms. The minimum Gasteiger partial charge on any atom is -0.484 e. The minimum atomic E-state index is 0.245. The van der Waals surface area contributed by atoms with Crippen LogP contribution in [-0.4, -0.2) is 17.2 Å². The van der Waals surface area contributed by atoms with Crippen molar-refractivity contribution in [3.05, 3.63) is 40.5 Å². The standard InChI is InChI=1S/C13H16ClN3O2/c1-3-13-16-12(17-19-13)8-18-11-5-4-9(7-15-2)6-10(11)14/h4-6,15H,3,7-8H2,1-2H3. The molecule has 0 spiro atoms. The Labute approximate surface area is 116 Å². The molecule has 2 rings (SSSR count). The fraction of sp³-hybridized carbons (Fsp3) is 0.385. The summed E-state index contributed by atoms with van der Waals surface area (Å²) in [6.07, 6.45) is 0.715. The van der Waals surface area contributed by atoms with Gasteiger partial charge in [-0.05, 0) is 24.7 Å². The first-order chi connectivity index (χ1) is 9.22. The maximum atomic E-state index is 6.15. The second-order valence-electron chi connectivity index (χ2n) is 4.04. The van der Waals surface area contributed by atoms with Gasteiger partial charge in [0.15, 0.2) is 6.61 Å². The SMILES string of the molecule is CCc1nc(COc2ccc(CNC)cc2Cl)no1.